The first kappa shape index (κ1) is 17.9. The van der Waals surface area contributed by atoms with Gasteiger partial charge in [-0.2, -0.15) is 0 Å². The van der Waals surface area contributed by atoms with Crippen molar-refractivity contribution in [1.29, 1.82) is 0 Å². The van der Waals surface area contributed by atoms with Gasteiger partial charge in [0, 0.05) is 25.2 Å². The number of nitrogens with one attached hydrogen (secondary N) is 1. The van der Waals surface area contributed by atoms with Crippen LogP contribution >= 0.6 is 0 Å². The number of hydrogen-bond donors (Lipinski definition) is 2. The lowest BCUT2D eigenvalue weighted by Crippen LogP contribution is -2.53. The standard InChI is InChI=1S/C17H36N2O/c1-6-15(7-2)19(11-12-20)13-14-9-8-10-17(3,4)16(14)18-5/h14-16,18,20H,6-13H2,1-5H3. The van der Waals surface area contributed by atoms with E-state index in [9.17, 15) is 5.11 Å². The molecule has 0 aromatic heterocycles. The number of aliphatic hydroxyl groups is 1. The SMILES string of the molecule is CCC(CC)N(CCO)CC1CCCC(C)(C)C1NC. The quantitative estimate of drug-likeness (QED) is 0.719. The summed E-state index contributed by atoms with van der Waals surface area (Å²) in [5, 5.41) is 13.0. The van der Waals surface area contributed by atoms with E-state index in [-0.39, 0.29) is 6.61 Å². The molecule has 1 saturated carbocycles. The van der Waals surface area contributed by atoms with Crippen molar-refractivity contribution in [2.75, 3.05) is 26.7 Å². The molecule has 2 atom stereocenters. The molecule has 0 aromatic rings. The smallest absolute Gasteiger partial charge is 0.0558 e. The topological polar surface area (TPSA) is 35.5 Å². The minimum Gasteiger partial charge on any atom is -0.395 e. The third-order valence-electron chi connectivity index (χ3n) is 5.34. The molecule has 3 heteroatoms. The number of aliphatic hydroxyl groups excluding tert-OH is 1. The molecule has 0 aromatic carbocycles. The second-order valence-corrected chi connectivity index (χ2v) is 7.10. The van der Waals surface area contributed by atoms with Crippen molar-refractivity contribution >= 4 is 0 Å². The van der Waals surface area contributed by atoms with E-state index in [2.05, 4.69) is 45.0 Å². The normalized spacial score (nSPS) is 26.4. The Kier molecular flexibility index (Phi) is 7.49. The zero-order valence-electron chi connectivity index (χ0n) is 14.3. The van der Waals surface area contributed by atoms with Crippen LogP contribution in [0.15, 0.2) is 0 Å². The Morgan fingerprint density at radius 3 is 2.45 bits per heavy atom. The highest BCUT2D eigenvalue weighted by atomic mass is 16.3. The largest absolute Gasteiger partial charge is 0.395 e. The van der Waals surface area contributed by atoms with Crippen molar-refractivity contribution in [3.8, 4) is 0 Å². The van der Waals surface area contributed by atoms with Gasteiger partial charge in [0.25, 0.3) is 0 Å². The molecule has 0 saturated heterocycles. The second-order valence-electron chi connectivity index (χ2n) is 7.10. The summed E-state index contributed by atoms with van der Waals surface area (Å²) >= 11 is 0. The van der Waals surface area contributed by atoms with Crippen molar-refractivity contribution in [3.05, 3.63) is 0 Å². The minimum absolute atomic E-state index is 0.275. The van der Waals surface area contributed by atoms with E-state index >= 15 is 0 Å². The van der Waals surface area contributed by atoms with Crippen LogP contribution in [-0.2, 0) is 0 Å². The van der Waals surface area contributed by atoms with Crippen LogP contribution in [-0.4, -0.2) is 48.8 Å². The van der Waals surface area contributed by atoms with Gasteiger partial charge in [-0.25, -0.2) is 0 Å². The van der Waals surface area contributed by atoms with Crippen molar-refractivity contribution in [1.82, 2.24) is 10.2 Å². The molecule has 0 radical (unpaired) electrons. The zero-order valence-corrected chi connectivity index (χ0v) is 14.3. The van der Waals surface area contributed by atoms with Crippen molar-refractivity contribution in [2.24, 2.45) is 11.3 Å². The number of rotatable bonds is 8. The molecule has 0 heterocycles. The van der Waals surface area contributed by atoms with Crippen LogP contribution in [0.1, 0.15) is 59.8 Å². The summed E-state index contributed by atoms with van der Waals surface area (Å²) in [5.41, 5.74) is 0.385. The molecule has 1 fully saturated rings. The van der Waals surface area contributed by atoms with Crippen LogP contribution in [0.5, 0.6) is 0 Å². The molecule has 0 spiro atoms. The average Bonchev–Trinajstić information content (AvgIpc) is 2.39. The van der Waals surface area contributed by atoms with E-state index in [1.165, 1.54) is 32.1 Å². The molecule has 3 nitrogen and oxygen atoms in total. The van der Waals surface area contributed by atoms with E-state index in [1.807, 2.05) is 0 Å². The van der Waals surface area contributed by atoms with Gasteiger partial charge in [-0.15, -0.1) is 0 Å². The first-order valence-corrected chi connectivity index (χ1v) is 8.52. The van der Waals surface area contributed by atoms with Gasteiger partial charge in [0.05, 0.1) is 6.61 Å². The summed E-state index contributed by atoms with van der Waals surface area (Å²) in [6.45, 7) is 11.5. The summed E-state index contributed by atoms with van der Waals surface area (Å²) in [7, 11) is 2.11. The fraction of sp³-hybridized carbons (Fsp3) is 1.00. The lowest BCUT2D eigenvalue weighted by molar-refractivity contribution is 0.0576. The molecule has 0 aliphatic heterocycles. The molecule has 0 amide bonds. The first-order valence-electron chi connectivity index (χ1n) is 8.52. The maximum atomic E-state index is 9.37. The van der Waals surface area contributed by atoms with Crippen molar-refractivity contribution in [3.63, 3.8) is 0 Å². The van der Waals surface area contributed by atoms with Crippen LogP contribution in [0.4, 0.5) is 0 Å². The fourth-order valence-electron chi connectivity index (χ4n) is 4.26. The summed E-state index contributed by atoms with van der Waals surface area (Å²) in [4.78, 5) is 2.52. The third kappa shape index (κ3) is 4.44. The Balaban J connectivity index is 2.75. The van der Waals surface area contributed by atoms with Crippen molar-refractivity contribution in [2.45, 2.75) is 71.9 Å². The van der Waals surface area contributed by atoms with Gasteiger partial charge in [-0.05, 0) is 44.1 Å². The fourth-order valence-corrected chi connectivity index (χ4v) is 4.26. The zero-order chi connectivity index (χ0) is 15.2. The van der Waals surface area contributed by atoms with E-state index < -0.39 is 0 Å². The highest BCUT2D eigenvalue weighted by Crippen LogP contribution is 2.39. The van der Waals surface area contributed by atoms with Gasteiger partial charge in [0.15, 0.2) is 0 Å². The minimum atomic E-state index is 0.275. The number of hydrogen-bond acceptors (Lipinski definition) is 3. The lowest BCUT2D eigenvalue weighted by atomic mass is 9.67. The average molecular weight is 284 g/mol. The highest BCUT2D eigenvalue weighted by molar-refractivity contribution is 4.94. The Labute approximate surface area is 126 Å². The Hall–Kier alpha value is -0.120. The molecule has 1 aliphatic carbocycles. The van der Waals surface area contributed by atoms with Gasteiger partial charge in [-0.1, -0.05) is 34.1 Å². The number of nitrogens with zero attached hydrogens (tertiary/aromatic N) is 1. The van der Waals surface area contributed by atoms with E-state index in [1.54, 1.807) is 0 Å². The summed E-state index contributed by atoms with van der Waals surface area (Å²) < 4.78 is 0. The predicted octanol–water partition coefficient (Wildman–Crippen LogP) is 2.88. The van der Waals surface area contributed by atoms with Crippen LogP contribution in [0.25, 0.3) is 0 Å². The van der Waals surface area contributed by atoms with Gasteiger partial charge >= 0.3 is 0 Å². The second kappa shape index (κ2) is 8.35. The molecule has 120 valence electrons. The van der Waals surface area contributed by atoms with E-state index in [0.29, 0.717) is 23.4 Å². The molecule has 20 heavy (non-hydrogen) atoms. The molecule has 0 bridgehead atoms. The molecule has 1 aliphatic rings. The van der Waals surface area contributed by atoms with Crippen LogP contribution < -0.4 is 5.32 Å². The van der Waals surface area contributed by atoms with E-state index in [4.69, 9.17) is 0 Å². The molecule has 2 unspecified atom stereocenters. The van der Waals surface area contributed by atoms with Gasteiger partial charge in [0.1, 0.15) is 0 Å². The maximum Gasteiger partial charge on any atom is 0.0558 e. The van der Waals surface area contributed by atoms with Crippen LogP contribution in [0.2, 0.25) is 0 Å². The summed E-state index contributed by atoms with van der Waals surface area (Å²) in [6, 6.07) is 1.21. The molecule has 2 N–H and O–H groups in total. The Morgan fingerprint density at radius 2 is 1.95 bits per heavy atom. The Bertz CT molecular complexity index is 264. The van der Waals surface area contributed by atoms with Crippen molar-refractivity contribution < 1.29 is 5.11 Å². The van der Waals surface area contributed by atoms with Gasteiger partial charge in [-0.3, -0.25) is 4.90 Å². The first-order chi connectivity index (χ1) is 9.50. The lowest BCUT2D eigenvalue weighted by Gasteiger charge is -2.46. The predicted molar refractivity (Wildman–Crippen MR) is 87.0 cm³/mol. The molecule has 1 rings (SSSR count). The third-order valence-corrected chi connectivity index (χ3v) is 5.34. The summed E-state index contributed by atoms with van der Waals surface area (Å²) in [5.74, 6) is 0.705. The van der Waals surface area contributed by atoms with Gasteiger partial charge in [0.2, 0.25) is 0 Å². The Morgan fingerprint density at radius 1 is 1.30 bits per heavy atom. The molecular formula is C17H36N2O. The van der Waals surface area contributed by atoms with Crippen LogP contribution in [0.3, 0.4) is 0 Å². The van der Waals surface area contributed by atoms with Crippen LogP contribution in [0, 0.1) is 11.3 Å². The summed E-state index contributed by atoms with van der Waals surface area (Å²) in [6.07, 6.45) is 6.33. The monoisotopic (exact) mass is 284 g/mol. The van der Waals surface area contributed by atoms with E-state index in [0.717, 1.165) is 13.1 Å². The van der Waals surface area contributed by atoms with Gasteiger partial charge < -0.3 is 10.4 Å². The molecular weight excluding hydrogens is 248 g/mol. The highest BCUT2D eigenvalue weighted by Gasteiger charge is 2.38. The maximum absolute atomic E-state index is 9.37.